The van der Waals surface area contributed by atoms with Gasteiger partial charge in [-0.2, -0.15) is 0 Å². The first-order valence-corrected chi connectivity index (χ1v) is 8.69. The zero-order valence-corrected chi connectivity index (χ0v) is 14.6. The third-order valence-electron chi connectivity index (χ3n) is 3.53. The Balaban J connectivity index is 1.55. The van der Waals surface area contributed by atoms with Crippen LogP contribution in [0, 0.1) is 5.41 Å². The lowest BCUT2D eigenvalue weighted by atomic mass is 10.1. The first-order chi connectivity index (χ1) is 12.0. The van der Waals surface area contributed by atoms with Crippen molar-refractivity contribution in [2.24, 2.45) is 0 Å². The molecule has 0 saturated carbocycles. The van der Waals surface area contributed by atoms with Gasteiger partial charge in [0.25, 0.3) is 5.24 Å². The number of thioether (sulfide) groups is 1. The summed E-state index contributed by atoms with van der Waals surface area (Å²) in [6, 6.07) is 10.5. The third-order valence-corrected chi connectivity index (χ3v) is 4.74. The molecule has 1 fully saturated rings. The summed E-state index contributed by atoms with van der Waals surface area (Å²) in [5.74, 6) is 0.355. The minimum absolute atomic E-state index is 0.0715. The van der Waals surface area contributed by atoms with Crippen LogP contribution in [-0.2, 0) is 11.2 Å². The van der Waals surface area contributed by atoms with E-state index in [4.69, 9.17) is 21.7 Å². The number of hydrogen-bond acceptors (Lipinski definition) is 6. The summed E-state index contributed by atoms with van der Waals surface area (Å²) in [5, 5.41) is 10.1. The minimum atomic E-state index is -0.388. The molecule has 3 rings (SSSR count). The van der Waals surface area contributed by atoms with Crippen molar-refractivity contribution in [2.45, 2.75) is 11.7 Å². The highest BCUT2D eigenvalue weighted by Gasteiger charge is 2.31. The van der Waals surface area contributed by atoms with Gasteiger partial charge in [0.1, 0.15) is 12.4 Å². The summed E-state index contributed by atoms with van der Waals surface area (Å²) in [7, 11) is 0. The normalized spacial score (nSPS) is 16.6. The monoisotopic (exact) mass is 375 g/mol. The Morgan fingerprint density at radius 3 is 2.68 bits per heavy atom. The molecule has 2 aromatic rings. The molecule has 1 unspecified atom stereocenters. The number of rotatable bonds is 6. The summed E-state index contributed by atoms with van der Waals surface area (Å²) in [6.45, 7) is 0.0715. The van der Waals surface area contributed by atoms with Gasteiger partial charge in [0.2, 0.25) is 5.91 Å². The maximum atomic E-state index is 11.6. The van der Waals surface area contributed by atoms with Crippen molar-refractivity contribution in [2.75, 3.05) is 6.61 Å². The van der Waals surface area contributed by atoms with Crippen LogP contribution in [0.1, 0.15) is 11.3 Å². The molecular weight excluding hydrogens is 362 g/mol. The Kier molecular flexibility index (Phi) is 5.35. The lowest BCUT2D eigenvalue weighted by Gasteiger charge is -2.09. The van der Waals surface area contributed by atoms with Gasteiger partial charge in [-0.1, -0.05) is 35.5 Å². The quantitative estimate of drug-likeness (QED) is 0.757. The molecule has 8 heteroatoms. The van der Waals surface area contributed by atoms with Crippen molar-refractivity contribution in [3.8, 4) is 5.75 Å². The average Bonchev–Trinajstić information content (AvgIpc) is 2.91. The SMILES string of the molecule is N=C(COc1ccc(CC2SC(=O)NC2=O)cc1)c1cc(Cl)ccn1. The second-order valence-corrected chi connectivity index (χ2v) is 6.97. The molecule has 1 aliphatic heterocycles. The van der Waals surface area contributed by atoms with E-state index in [9.17, 15) is 9.59 Å². The predicted octanol–water partition coefficient (Wildman–Crippen LogP) is 3.08. The Hall–Kier alpha value is -2.38. The summed E-state index contributed by atoms with van der Waals surface area (Å²) >= 11 is 6.89. The molecule has 0 spiro atoms. The highest BCUT2D eigenvalue weighted by atomic mass is 35.5. The maximum absolute atomic E-state index is 11.6. The first kappa shape index (κ1) is 17.4. The molecular formula is C17H14ClN3O3S. The highest BCUT2D eigenvalue weighted by molar-refractivity contribution is 8.15. The molecule has 1 aromatic carbocycles. The largest absolute Gasteiger partial charge is 0.487 e. The number of benzene rings is 1. The van der Waals surface area contributed by atoms with Gasteiger partial charge in [-0.25, -0.2) is 0 Å². The number of pyridine rings is 1. The Morgan fingerprint density at radius 2 is 2.04 bits per heavy atom. The second kappa shape index (κ2) is 7.67. The summed E-state index contributed by atoms with van der Waals surface area (Å²) in [5.41, 5.74) is 1.63. The zero-order chi connectivity index (χ0) is 17.8. The number of halogens is 1. The van der Waals surface area contributed by atoms with E-state index in [0.29, 0.717) is 22.9 Å². The fourth-order valence-corrected chi connectivity index (χ4v) is 3.28. The van der Waals surface area contributed by atoms with Crippen molar-refractivity contribution in [1.29, 1.82) is 5.41 Å². The van der Waals surface area contributed by atoms with Gasteiger partial charge < -0.3 is 4.74 Å². The van der Waals surface area contributed by atoms with Crippen molar-refractivity contribution >= 4 is 40.2 Å². The number of carbonyl (C=O) groups excluding carboxylic acids is 2. The topological polar surface area (TPSA) is 92.1 Å². The highest BCUT2D eigenvalue weighted by Crippen LogP contribution is 2.24. The lowest BCUT2D eigenvalue weighted by molar-refractivity contribution is -0.118. The van der Waals surface area contributed by atoms with Crippen LogP contribution in [-0.4, -0.2) is 33.7 Å². The fourth-order valence-electron chi connectivity index (χ4n) is 2.26. The molecule has 2 amide bonds. The second-order valence-electron chi connectivity index (χ2n) is 5.36. The van der Waals surface area contributed by atoms with Gasteiger partial charge in [-0.05, 0) is 36.2 Å². The molecule has 2 N–H and O–H groups in total. The van der Waals surface area contributed by atoms with Crippen LogP contribution >= 0.6 is 23.4 Å². The number of carbonyl (C=O) groups is 2. The van der Waals surface area contributed by atoms with Crippen LogP contribution in [0.2, 0.25) is 5.02 Å². The minimum Gasteiger partial charge on any atom is -0.487 e. The summed E-state index contributed by atoms with van der Waals surface area (Å²) in [6.07, 6.45) is 2.02. The lowest BCUT2D eigenvalue weighted by Crippen LogP contribution is -2.25. The zero-order valence-electron chi connectivity index (χ0n) is 13.0. The number of imide groups is 1. The maximum Gasteiger partial charge on any atom is 0.286 e. The van der Waals surface area contributed by atoms with E-state index in [2.05, 4.69) is 10.3 Å². The molecule has 1 aromatic heterocycles. The number of amides is 2. The van der Waals surface area contributed by atoms with Crippen molar-refractivity contribution in [3.05, 3.63) is 58.9 Å². The molecule has 2 heterocycles. The van der Waals surface area contributed by atoms with Crippen LogP contribution < -0.4 is 10.1 Å². The Morgan fingerprint density at radius 1 is 1.28 bits per heavy atom. The average molecular weight is 376 g/mol. The molecule has 1 saturated heterocycles. The number of aromatic nitrogens is 1. The van der Waals surface area contributed by atoms with Crippen LogP contribution in [0.5, 0.6) is 5.75 Å². The van der Waals surface area contributed by atoms with Crippen molar-refractivity contribution < 1.29 is 14.3 Å². The Labute approximate surface area is 153 Å². The predicted molar refractivity (Wildman–Crippen MR) is 96.6 cm³/mol. The molecule has 0 aliphatic carbocycles. The summed E-state index contributed by atoms with van der Waals surface area (Å²) in [4.78, 5) is 26.8. The number of nitrogens with one attached hydrogen (secondary N) is 2. The van der Waals surface area contributed by atoms with E-state index in [0.717, 1.165) is 17.3 Å². The fraction of sp³-hybridized carbons (Fsp3) is 0.176. The van der Waals surface area contributed by atoms with E-state index in [-0.39, 0.29) is 28.7 Å². The van der Waals surface area contributed by atoms with Crippen LogP contribution in [0.15, 0.2) is 42.6 Å². The molecule has 25 heavy (non-hydrogen) atoms. The van der Waals surface area contributed by atoms with Gasteiger partial charge in [0, 0.05) is 11.2 Å². The van der Waals surface area contributed by atoms with Crippen LogP contribution in [0.4, 0.5) is 4.79 Å². The van der Waals surface area contributed by atoms with Gasteiger partial charge in [0.15, 0.2) is 0 Å². The van der Waals surface area contributed by atoms with Gasteiger partial charge in [-0.3, -0.25) is 25.3 Å². The van der Waals surface area contributed by atoms with Crippen molar-refractivity contribution in [3.63, 3.8) is 0 Å². The Bertz CT molecular complexity index is 826. The smallest absolute Gasteiger partial charge is 0.286 e. The molecule has 128 valence electrons. The first-order valence-electron chi connectivity index (χ1n) is 7.44. The van der Waals surface area contributed by atoms with Crippen molar-refractivity contribution in [1.82, 2.24) is 10.3 Å². The summed E-state index contributed by atoms with van der Waals surface area (Å²) < 4.78 is 5.58. The molecule has 0 radical (unpaired) electrons. The molecule has 1 aliphatic rings. The third kappa shape index (κ3) is 4.58. The standard InChI is InChI=1S/C17H14ClN3O3S/c18-11-5-6-20-14(8-11)13(19)9-24-12-3-1-10(2-4-12)7-15-16(22)21-17(23)25-15/h1-6,8,15,19H,7,9H2,(H,21,22,23). The number of nitrogens with zero attached hydrogens (tertiary/aromatic N) is 1. The van der Waals surface area contributed by atoms with E-state index in [1.54, 1.807) is 30.5 Å². The van der Waals surface area contributed by atoms with E-state index in [1.165, 1.54) is 0 Å². The molecule has 1 atom stereocenters. The van der Waals surface area contributed by atoms with Gasteiger partial charge >= 0.3 is 0 Å². The van der Waals surface area contributed by atoms with E-state index in [1.807, 2.05) is 12.1 Å². The van der Waals surface area contributed by atoms with Gasteiger partial charge in [0.05, 0.1) is 16.7 Å². The van der Waals surface area contributed by atoms with E-state index < -0.39 is 0 Å². The number of ether oxygens (including phenoxy) is 1. The number of hydrogen-bond donors (Lipinski definition) is 2. The van der Waals surface area contributed by atoms with Gasteiger partial charge in [-0.15, -0.1) is 0 Å². The van der Waals surface area contributed by atoms with Crippen LogP contribution in [0.3, 0.4) is 0 Å². The molecule has 0 bridgehead atoms. The van der Waals surface area contributed by atoms with E-state index >= 15 is 0 Å². The van der Waals surface area contributed by atoms with Crippen LogP contribution in [0.25, 0.3) is 0 Å². The molecule has 6 nitrogen and oxygen atoms in total.